The van der Waals surface area contributed by atoms with Crippen molar-refractivity contribution in [2.75, 3.05) is 24.5 Å². The molecule has 0 unspecified atom stereocenters. The minimum atomic E-state index is -4.23. The molecule has 11 heteroatoms. The molecule has 0 saturated carbocycles. The number of hydrogen-bond donors (Lipinski definition) is 1. The number of halogens is 2. The average molecular weight is 635 g/mol. The summed E-state index contributed by atoms with van der Waals surface area (Å²) >= 11 is 12.4. The number of anilines is 1. The first kappa shape index (κ1) is 33.2. The van der Waals surface area contributed by atoms with Crippen LogP contribution < -0.4 is 14.4 Å². The van der Waals surface area contributed by atoms with Crippen LogP contribution in [0.15, 0.2) is 65.6 Å². The van der Waals surface area contributed by atoms with E-state index in [1.54, 1.807) is 55.5 Å². The van der Waals surface area contributed by atoms with Crippen molar-refractivity contribution in [1.82, 2.24) is 10.2 Å². The minimum absolute atomic E-state index is 0.0111. The zero-order valence-corrected chi connectivity index (χ0v) is 26.8. The van der Waals surface area contributed by atoms with Crippen LogP contribution >= 0.6 is 23.2 Å². The lowest BCUT2D eigenvalue weighted by atomic mass is 10.1. The van der Waals surface area contributed by atoms with Gasteiger partial charge in [-0.1, -0.05) is 66.9 Å². The van der Waals surface area contributed by atoms with Crippen molar-refractivity contribution < 1.29 is 22.7 Å². The molecule has 226 valence electrons. The van der Waals surface area contributed by atoms with Gasteiger partial charge in [0.2, 0.25) is 11.8 Å². The largest absolute Gasteiger partial charge is 0.495 e. The summed E-state index contributed by atoms with van der Waals surface area (Å²) in [5.74, 6) is -0.611. The third kappa shape index (κ3) is 7.96. The molecule has 0 heterocycles. The number of nitrogens with one attached hydrogen (secondary N) is 1. The zero-order valence-electron chi connectivity index (χ0n) is 24.5. The molecule has 42 heavy (non-hydrogen) atoms. The third-order valence-electron chi connectivity index (χ3n) is 6.76. The summed E-state index contributed by atoms with van der Waals surface area (Å²) < 4.78 is 34.8. The number of rotatable bonds is 13. The summed E-state index contributed by atoms with van der Waals surface area (Å²) in [5, 5.41) is 3.52. The molecule has 0 bridgehead atoms. The fourth-order valence-electron chi connectivity index (χ4n) is 4.47. The highest BCUT2D eigenvalue weighted by Crippen LogP contribution is 2.34. The van der Waals surface area contributed by atoms with Crippen LogP contribution in [0.3, 0.4) is 0 Å². The van der Waals surface area contributed by atoms with E-state index in [0.717, 1.165) is 21.9 Å². The summed E-state index contributed by atoms with van der Waals surface area (Å²) in [4.78, 5) is 28.9. The Labute approximate surface area is 258 Å². The van der Waals surface area contributed by atoms with Crippen LogP contribution in [-0.4, -0.2) is 51.4 Å². The fourth-order valence-corrected chi connectivity index (χ4v) is 6.20. The van der Waals surface area contributed by atoms with Crippen LogP contribution in [0.5, 0.6) is 5.75 Å². The molecule has 3 rings (SSSR count). The smallest absolute Gasteiger partial charge is 0.264 e. The maximum Gasteiger partial charge on any atom is 0.264 e. The van der Waals surface area contributed by atoms with Gasteiger partial charge >= 0.3 is 0 Å². The van der Waals surface area contributed by atoms with E-state index in [1.807, 2.05) is 20.8 Å². The Morgan fingerprint density at radius 3 is 2.19 bits per heavy atom. The molecular formula is C31H37Cl2N3O5S. The predicted octanol–water partition coefficient (Wildman–Crippen LogP) is 6.15. The molecule has 0 aliphatic carbocycles. The van der Waals surface area contributed by atoms with Crippen LogP contribution in [-0.2, 0) is 26.2 Å². The number of aryl methyl sites for hydroxylation is 2. The number of carbonyl (C=O) groups is 2. The second kappa shape index (κ2) is 14.8. The molecule has 8 nitrogen and oxygen atoms in total. The van der Waals surface area contributed by atoms with E-state index in [9.17, 15) is 18.0 Å². The van der Waals surface area contributed by atoms with Crippen molar-refractivity contribution in [2.24, 2.45) is 0 Å². The molecule has 0 saturated heterocycles. The molecule has 1 atom stereocenters. The molecule has 0 radical (unpaired) electrons. The standard InChI is InChI=1S/C31H37Cl2N3O5S/c1-6-16-34-31(38)27(7-2)35(19-23-11-14-25(32)26(33)18-23)30(37)20-36(28-17-22(4)10-15-29(28)41-5)42(39,40)24-12-8-21(3)9-13-24/h8-15,17-18,27H,6-7,16,19-20H2,1-5H3,(H,34,38)/t27-/m0/s1. The van der Waals surface area contributed by atoms with Crippen molar-refractivity contribution in [3.05, 3.63) is 87.4 Å². The van der Waals surface area contributed by atoms with E-state index >= 15 is 0 Å². The number of hydrogen-bond acceptors (Lipinski definition) is 5. The van der Waals surface area contributed by atoms with Gasteiger partial charge in [0.05, 0.1) is 27.7 Å². The Hall–Kier alpha value is -3.27. The van der Waals surface area contributed by atoms with Crippen LogP contribution in [0.2, 0.25) is 10.0 Å². The normalized spacial score (nSPS) is 12.0. The van der Waals surface area contributed by atoms with Crippen molar-refractivity contribution >= 4 is 50.7 Å². The Morgan fingerprint density at radius 2 is 1.60 bits per heavy atom. The lowest BCUT2D eigenvalue weighted by Crippen LogP contribution is -2.52. The minimum Gasteiger partial charge on any atom is -0.495 e. The molecule has 1 N–H and O–H groups in total. The van der Waals surface area contributed by atoms with Crippen molar-refractivity contribution in [3.8, 4) is 5.75 Å². The Kier molecular flexibility index (Phi) is 11.7. The quantitative estimate of drug-likeness (QED) is 0.244. The number of sulfonamides is 1. The number of nitrogens with zero attached hydrogens (tertiary/aromatic N) is 2. The number of carbonyl (C=O) groups excluding carboxylic acids is 2. The molecule has 0 fully saturated rings. The zero-order chi connectivity index (χ0) is 31.0. The van der Waals surface area contributed by atoms with E-state index in [-0.39, 0.29) is 28.8 Å². The van der Waals surface area contributed by atoms with Crippen LogP contribution in [0, 0.1) is 13.8 Å². The second-order valence-electron chi connectivity index (χ2n) is 9.99. The summed E-state index contributed by atoms with van der Waals surface area (Å²) in [6, 6.07) is 15.6. The van der Waals surface area contributed by atoms with Gasteiger partial charge in [-0.15, -0.1) is 0 Å². The van der Waals surface area contributed by atoms with Crippen LogP contribution in [0.1, 0.15) is 43.4 Å². The topological polar surface area (TPSA) is 96.0 Å². The van der Waals surface area contributed by atoms with Gasteiger partial charge in [0.1, 0.15) is 18.3 Å². The van der Waals surface area contributed by atoms with E-state index < -0.39 is 28.5 Å². The van der Waals surface area contributed by atoms with E-state index in [1.165, 1.54) is 24.1 Å². The van der Waals surface area contributed by atoms with Gasteiger partial charge in [-0.3, -0.25) is 13.9 Å². The lowest BCUT2D eigenvalue weighted by molar-refractivity contribution is -0.140. The van der Waals surface area contributed by atoms with Crippen molar-refractivity contribution in [1.29, 1.82) is 0 Å². The fraction of sp³-hybridized carbons (Fsp3) is 0.355. The summed E-state index contributed by atoms with van der Waals surface area (Å²) in [7, 11) is -2.80. The van der Waals surface area contributed by atoms with Crippen molar-refractivity contribution in [2.45, 2.75) is 58.0 Å². The van der Waals surface area contributed by atoms with Gasteiger partial charge < -0.3 is 15.0 Å². The molecule has 0 aromatic heterocycles. The first-order chi connectivity index (χ1) is 19.9. The second-order valence-corrected chi connectivity index (χ2v) is 12.7. The van der Waals surface area contributed by atoms with Crippen LogP contribution in [0.25, 0.3) is 0 Å². The number of methoxy groups -OCH3 is 1. The first-order valence-corrected chi connectivity index (χ1v) is 15.9. The first-order valence-electron chi connectivity index (χ1n) is 13.7. The van der Waals surface area contributed by atoms with Crippen molar-refractivity contribution in [3.63, 3.8) is 0 Å². The maximum atomic E-state index is 14.2. The molecule has 3 aromatic carbocycles. The molecular weight excluding hydrogens is 597 g/mol. The average Bonchev–Trinajstić information content (AvgIpc) is 2.96. The molecule has 0 spiro atoms. The monoisotopic (exact) mass is 633 g/mol. The van der Waals surface area contributed by atoms with Crippen LogP contribution in [0.4, 0.5) is 5.69 Å². The Balaban J connectivity index is 2.13. The Bertz CT molecular complexity index is 1510. The highest BCUT2D eigenvalue weighted by molar-refractivity contribution is 7.92. The highest BCUT2D eigenvalue weighted by Gasteiger charge is 2.34. The summed E-state index contributed by atoms with van der Waals surface area (Å²) in [6.45, 7) is 7.29. The Morgan fingerprint density at radius 1 is 0.929 bits per heavy atom. The summed E-state index contributed by atoms with van der Waals surface area (Å²) in [6.07, 6.45) is 1.03. The molecule has 3 aromatic rings. The van der Waals surface area contributed by atoms with E-state index in [2.05, 4.69) is 5.32 Å². The maximum absolute atomic E-state index is 14.2. The van der Waals surface area contributed by atoms with Gasteiger partial charge in [0.25, 0.3) is 10.0 Å². The van der Waals surface area contributed by atoms with Gasteiger partial charge in [0, 0.05) is 13.1 Å². The molecule has 0 aliphatic rings. The SMILES string of the molecule is CCCNC(=O)[C@H](CC)N(Cc1ccc(Cl)c(Cl)c1)C(=O)CN(c1cc(C)ccc1OC)S(=O)(=O)c1ccc(C)cc1. The number of amides is 2. The molecule has 0 aliphatic heterocycles. The summed E-state index contributed by atoms with van der Waals surface area (Å²) in [5.41, 5.74) is 2.52. The van der Waals surface area contributed by atoms with Gasteiger partial charge in [-0.05, 0) is 74.2 Å². The third-order valence-corrected chi connectivity index (χ3v) is 9.28. The number of benzene rings is 3. The number of ether oxygens (including phenoxy) is 1. The highest BCUT2D eigenvalue weighted by atomic mass is 35.5. The van der Waals surface area contributed by atoms with Gasteiger partial charge in [-0.25, -0.2) is 8.42 Å². The van der Waals surface area contributed by atoms with Gasteiger partial charge in [0.15, 0.2) is 0 Å². The van der Waals surface area contributed by atoms with Gasteiger partial charge in [-0.2, -0.15) is 0 Å². The van der Waals surface area contributed by atoms with E-state index in [0.29, 0.717) is 28.6 Å². The lowest BCUT2D eigenvalue weighted by Gasteiger charge is -2.33. The molecule has 2 amide bonds. The van der Waals surface area contributed by atoms with E-state index in [4.69, 9.17) is 27.9 Å². The predicted molar refractivity (Wildman–Crippen MR) is 168 cm³/mol.